The van der Waals surface area contributed by atoms with Gasteiger partial charge >= 0.3 is 0 Å². The Morgan fingerprint density at radius 3 is 2.94 bits per heavy atom. The van der Waals surface area contributed by atoms with Crippen molar-refractivity contribution in [3.63, 3.8) is 0 Å². The van der Waals surface area contributed by atoms with Crippen molar-refractivity contribution in [2.75, 3.05) is 23.7 Å². The van der Waals surface area contributed by atoms with Gasteiger partial charge in [-0.15, -0.1) is 0 Å². The van der Waals surface area contributed by atoms with Crippen LogP contribution in [0.2, 0.25) is 0 Å². The quantitative estimate of drug-likeness (QED) is 0.865. The van der Waals surface area contributed by atoms with Crippen LogP contribution in [-0.4, -0.2) is 29.4 Å². The van der Waals surface area contributed by atoms with Crippen LogP contribution in [0.5, 0.6) is 0 Å². The summed E-state index contributed by atoms with van der Waals surface area (Å²) >= 11 is 1.50. The number of nitrogens with two attached hydrogens (primary N) is 1. The summed E-state index contributed by atoms with van der Waals surface area (Å²) in [5, 5.41) is 4.21. The predicted molar refractivity (Wildman–Crippen MR) is 72.9 cm³/mol. The van der Waals surface area contributed by atoms with Crippen LogP contribution in [0.4, 0.5) is 10.8 Å². The number of hydrogen-bond acceptors (Lipinski definition) is 5. The van der Waals surface area contributed by atoms with Crippen LogP contribution in [0, 0.1) is 0 Å². The zero-order chi connectivity index (χ0) is 12.7. The first kappa shape index (κ1) is 11.8. The Kier molecular flexibility index (Phi) is 2.89. The van der Waals surface area contributed by atoms with Crippen molar-refractivity contribution in [3.8, 4) is 0 Å². The second-order valence-electron chi connectivity index (χ2n) is 5.19. The van der Waals surface area contributed by atoms with Gasteiger partial charge in [0.2, 0.25) is 5.91 Å². The summed E-state index contributed by atoms with van der Waals surface area (Å²) in [4.78, 5) is 13.4. The molecule has 2 fully saturated rings. The van der Waals surface area contributed by atoms with Gasteiger partial charge in [0.25, 0.3) is 0 Å². The lowest BCUT2D eigenvalue weighted by Gasteiger charge is -2.18. The third-order valence-corrected chi connectivity index (χ3v) is 4.54. The zero-order valence-corrected chi connectivity index (χ0v) is 11.3. The van der Waals surface area contributed by atoms with Gasteiger partial charge in [-0.05, 0) is 36.7 Å². The number of nitrogens with zero attached hydrogens (tertiary/aromatic N) is 2. The fourth-order valence-electron chi connectivity index (χ4n) is 2.63. The van der Waals surface area contributed by atoms with Crippen molar-refractivity contribution >= 4 is 28.3 Å². The first-order valence-corrected chi connectivity index (χ1v) is 7.19. The highest BCUT2D eigenvalue weighted by molar-refractivity contribution is 7.10. The SMILES string of the molecule is CC(=O)NC1CCN(c2snc(N)c2C2CC2)C1. The van der Waals surface area contributed by atoms with Crippen LogP contribution in [0.3, 0.4) is 0 Å². The molecule has 5 nitrogen and oxygen atoms in total. The van der Waals surface area contributed by atoms with Gasteiger partial charge in [-0.3, -0.25) is 4.79 Å². The third-order valence-electron chi connectivity index (χ3n) is 3.61. The molecule has 1 aromatic heterocycles. The van der Waals surface area contributed by atoms with E-state index >= 15 is 0 Å². The van der Waals surface area contributed by atoms with Gasteiger partial charge in [0.15, 0.2) is 0 Å². The van der Waals surface area contributed by atoms with Gasteiger partial charge in [-0.25, -0.2) is 0 Å². The molecule has 0 radical (unpaired) electrons. The van der Waals surface area contributed by atoms with Crippen LogP contribution in [0.1, 0.15) is 37.7 Å². The summed E-state index contributed by atoms with van der Waals surface area (Å²) < 4.78 is 4.30. The van der Waals surface area contributed by atoms with E-state index in [0.717, 1.165) is 19.5 Å². The Bertz CT molecular complexity index is 469. The number of carbonyl (C=O) groups excluding carboxylic acids is 1. The minimum absolute atomic E-state index is 0.0492. The van der Waals surface area contributed by atoms with Crippen molar-refractivity contribution in [2.45, 2.75) is 38.1 Å². The largest absolute Gasteiger partial charge is 0.383 e. The molecule has 3 rings (SSSR count). The summed E-state index contributed by atoms with van der Waals surface area (Å²) in [5.74, 6) is 1.38. The number of aromatic nitrogens is 1. The Hall–Kier alpha value is -1.30. The molecular weight excluding hydrogens is 248 g/mol. The molecule has 1 amide bonds. The third kappa shape index (κ3) is 2.16. The van der Waals surface area contributed by atoms with E-state index < -0.39 is 0 Å². The lowest BCUT2D eigenvalue weighted by atomic mass is 10.2. The molecule has 2 aliphatic rings. The Morgan fingerprint density at radius 1 is 1.50 bits per heavy atom. The van der Waals surface area contributed by atoms with E-state index in [1.54, 1.807) is 6.92 Å². The minimum Gasteiger partial charge on any atom is -0.383 e. The summed E-state index contributed by atoms with van der Waals surface area (Å²) in [7, 11) is 0. The first-order valence-electron chi connectivity index (χ1n) is 6.42. The molecule has 0 spiro atoms. The van der Waals surface area contributed by atoms with Crippen LogP contribution < -0.4 is 16.0 Å². The van der Waals surface area contributed by atoms with E-state index in [4.69, 9.17) is 5.73 Å². The second-order valence-corrected chi connectivity index (χ2v) is 5.94. The van der Waals surface area contributed by atoms with Gasteiger partial charge in [0, 0.05) is 31.6 Å². The molecule has 18 heavy (non-hydrogen) atoms. The van der Waals surface area contributed by atoms with E-state index in [-0.39, 0.29) is 11.9 Å². The van der Waals surface area contributed by atoms with E-state index in [1.807, 2.05) is 0 Å². The summed E-state index contributed by atoms with van der Waals surface area (Å²) in [6.45, 7) is 3.43. The van der Waals surface area contributed by atoms with Crippen LogP contribution >= 0.6 is 11.5 Å². The van der Waals surface area contributed by atoms with Crippen molar-refractivity contribution in [3.05, 3.63) is 5.56 Å². The highest BCUT2D eigenvalue weighted by atomic mass is 32.1. The topological polar surface area (TPSA) is 71.2 Å². The number of rotatable bonds is 3. The Morgan fingerprint density at radius 2 is 2.28 bits per heavy atom. The molecule has 1 atom stereocenters. The maximum Gasteiger partial charge on any atom is 0.217 e. The number of carbonyl (C=O) groups is 1. The van der Waals surface area contributed by atoms with Crippen molar-refractivity contribution in [1.82, 2.24) is 9.69 Å². The average Bonchev–Trinajstić information content (AvgIpc) is 2.92. The van der Waals surface area contributed by atoms with Gasteiger partial charge in [0.05, 0.1) is 0 Å². The standard InChI is InChI=1S/C12H18N4OS/c1-7(17)14-9-4-5-16(6-9)12-10(8-2-3-8)11(13)15-18-12/h8-9H,2-6H2,1H3,(H2,13,15)(H,14,17). The molecule has 1 aliphatic heterocycles. The highest BCUT2D eigenvalue weighted by Gasteiger charge is 2.34. The lowest BCUT2D eigenvalue weighted by Crippen LogP contribution is -2.35. The molecule has 98 valence electrons. The molecule has 3 N–H and O–H groups in total. The fourth-order valence-corrected chi connectivity index (χ4v) is 3.57. The summed E-state index contributed by atoms with van der Waals surface area (Å²) in [5.41, 5.74) is 7.22. The molecule has 1 saturated carbocycles. The molecule has 0 aromatic carbocycles. The molecule has 1 saturated heterocycles. The maximum atomic E-state index is 11.1. The summed E-state index contributed by atoms with van der Waals surface area (Å²) in [6.07, 6.45) is 3.47. The molecule has 2 heterocycles. The smallest absolute Gasteiger partial charge is 0.217 e. The van der Waals surface area contributed by atoms with Crippen molar-refractivity contribution < 1.29 is 4.79 Å². The van der Waals surface area contributed by atoms with E-state index in [0.29, 0.717) is 11.7 Å². The first-order chi connectivity index (χ1) is 8.65. The maximum absolute atomic E-state index is 11.1. The van der Waals surface area contributed by atoms with Gasteiger partial charge < -0.3 is 16.0 Å². The van der Waals surface area contributed by atoms with E-state index in [9.17, 15) is 4.79 Å². The number of nitrogens with one attached hydrogen (secondary N) is 1. The predicted octanol–water partition coefficient (Wildman–Crippen LogP) is 1.32. The Labute approximate surface area is 111 Å². The van der Waals surface area contributed by atoms with Gasteiger partial charge in [-0.2, -0.15) is 4.37 Å². The molecular formula is C12H18N4OS. The fraction of sp³-hybridized carbons (Fsp3) is 0.667. The number of amides is 1. The van der Waals surface area contributed by atoms with Crippen LogP contribution in [-0.2, 0) is 4.79 Å². The van der Waals surface area contributed by atoms with E-state index in [2.05, 4.69) is 14.6 Å². The molecule has 0 bridgehead atoms. The molecule has 6 heteroatoms. The molecule has 1 unspecified atom stereocenters. The van der Waals surface area contributed by atoms with Crippen LogP contribution in [0.25, 0.3) is 0 Å². The van der Waals surface area contributed by atoms with Gasteiger partial charge in [0.1, 0.15) is 10.8 Å². The normalized spacial score (nSPS) is 23.4. The zero-order valence-electron chi connectivity index (χ0n) is 10.5. The van der Waals surface area contributed by atoms with Crippen molar-refractivity contribution in [1.29, 1.82) is 0 Å². The monoisotopic (exact) mass is 266 g/mol. The van der Waals surface area contributed by atoms with Gasteiger partial charge in [-0.1, -0.05) is 0 Å². The summed E-state index contributed by atoms with van der Waals surface area (Å²) in [6, 6.07) is 0.262. The molecule has 1 aliphatic carbocycles. The minimum atomic E-state index is 0.0492. The number of anilines is 2. The van der Waals surface area contributed by atoms with Crippen molar-refractivity contribution in [2.24, 2.45) is 0 Å². The average molecular weight is 266 g/mol. The van der Waals surface area contributed by atoms with Crippen LogP contribution in [0.15, 0.2) is 0 Å². The molecule has 1 aromatic rings. The lowest BCUT2D eigenvalue weighted by molar-refractivity contribution is -0.119. The number of nitrogen functional groups attached to an aromatic ring is 1. The second kappa shape index (κ2) is 4.42. The highest BCUT2D eigenvalue weighted by Crippen LogP contribution is 2.49. The Balaban J connectivity index is 1.74. The van der Waals surface area contributed by atoms with E-state index in [1.165, 1.54) is 34.9 Å². The number of hydrogen-bond donors (Lipinski definition) is 2.